The van der Waals surface area contributed by atoms with E-state index >= 15 is 0 Å². The molecule has 0 spiro atoms. The summed E-state index contributed by atoms with van der Waals surface area (Å²) in [5, 5.41) is -0.514. The highest BCUT2D eigenvalue weighted by atomic mass is 35.5. The van der Waals surface area contributed by atoms with Crippen LogP contribution >= 0.6 is 23.2 Å². The Morgan fingerprint density at radius 3 is 2.14 bits per heavy atom. The Morgan fingerprint density at radius 1 is 1.71 bits per heavy atom. The average molecular weight is 141 g/mol. The first-order valence-corrected chi connectivity index (χ1v) is 2.52. The summed E-state index contributed by atoms with van der Waals surface area (Å²) in [6.07, 6.45) is -0.539. The van der Waals surface area contributed by atoms with E-state index in [4.69, 9.17) is 23.2 Å². The second-order valence-electron chi connectivity index (χ2n) is 1.21. The minimum absolute atomic E-state index is 0.468. The minimum Gasteiger partial charge on any atom is -0.343 e. The van der Waals surface area contributed by atoms with Crippen molar-refractivity contribution in [2.24, 2.45) is 0 Å². The second-order valence-corrected chi connectivity index (χ2v) is 2.01. The molecule has 1 aliphatic rings. The van der Waals surface area contributed by atoms with Gasteiger partial charge in [0.15, 0.2) is 11.7 Å². The van der Waals surface area contributed by atoms with Crippen molar-refractivity contribution in [3.63, 3.8) is 0 Å². The monoisotopic (exact) mass is 140 g/mol. The maximum Gasteiger partial charge on any atom is 0.254 e. The molecule has 0 aromatic carbocycles. The molecule has 1 saturated heterocycles. The maximum atomic E-state index is 9.97. The third kappa shape index (κ3) is 1.06. The molecule has 0 amide bonds. The Kier molecular flexibility index (Phi) is 1.24. The largest absolute Gasteiger partial charge is 0.343 e. The van der Waals surface area contributed by atoms with Gasteiger partial charge in [0, 0.05) is 0 Å². The minimum atomic E-state index is -0.539. The van der Waals surface area contributed by atoms with E-state index in [1.165, 1.54) is 0 Å². The van der Waals surface area contributed by atoms with Gasteiger partial charge in [-0.15, -0.1) is 0 Å². The molecule has 40 valence electrons. The summed E-state index contributed by atoms with van der Waals surface area (Å²) in [5.41, 5.74) is -0.468. The van der Waals surface area contributed by atoms with E-state index in [2.05, 4.69) is 4.74 Å². The van der Waals surface area contributed by atoms with Gasteiger partial charge in [-0.25, -0.2) is 0 Å². The lowest BCUT2D eigenvalue weighted by Gasteiger charge is -1.70. The normalized spacial score (nSPS) is 38.0. The Balaban J connectivity index is 2.33. The van der Waals surface area contributed by atoms with Crippen molar-refractivity contribution < 1.29 is 9.53 Å². The molecule has 0 aromatic rings. The van der Waals surface area contributed by atoms with Gasteiger partial charge in [0.05, 0.1) is 0 Å². The van der Waals surface area contributed by atoms with Gasteiger partial charge >= 0.3 is 0 Å². The van der Waals surface area contributed by atoms with Gasteiger partial charge < -0.3 is 4.74 Å². The van der Waals surface area contributed by atoms with Crippen LogP contribution < -0.4 is 0 Å². The van der Waals surface area contributed by atoms with Crippen molar-refractivity contribution in [2.45, 2.75) is 11.7 Å². The van der Waals surface area contributed by atoms with Crippen LogP contribution in [0.2, 0.25) is 0 Å². The molecule has 0 N–H and O–H groups in total. The van der Waals surface area contributed by atoms with Crippen LogP contribution in [0, 0.1) is 0 Å². The predicted octanol–water partition coefficient (Wildman–Crippen LogP) is 0.716. The molecule has 0 radical (unpaired) electrons. The molecule has 0 aliphatic carbocycles. The van der Waals surface area contributed by atoms with Gasteiger partial charge in [-0.2, -0.15) is 0 Å². The molecule has 0 bridgehead atoms. The van der Waals surface area contributed by atoms with Crippen molar-refractivity contribution >= 4 is 28.4 Å². The molecule has 1 fully saturated rings. The summed E-state index contributed by atoms with van der Waals surface area (Å²) in [7, 11) is 0. The fourth-order valence-electron chi connectivity index (χ4n) is 0.251. The zero-order chi connectivity index (χ0) is 5.44. The number of carbonyl (C=O) groups is 1. The van der Waals surface area contributed by atoms with E-state index in [1.807, 2.05) is 0 Å². The molecular formula is C3H2Cl2O2. The standard InChI is InChI=1S/C3H2Cl2O2/c4-2(6)1-3(5)7-1/h1,3H. The summed E-state index contributed by atoms with van der Waals surface area (Å²) < 4.78 is 4.46. The van der Waals surface area contributed by atoms with Crippen LogP contribution in [0.25, 0.3) is 0 Å². The van der Waals surface area contributed by atoms with E-state index in [-0.39, 0.29) is 0 Å². The number of halogens is 2. The number of hydrogen-bond donors (Lipinski definition) is 0. The first-order valence-electron chi connectivity index (χ1n) is 1.70. The first kappa shape index (κ1) is 5.35. The highest BCUT2D eigenvalue weighted by Crippen LogP contribution is 2.27. The maximum absolute atomic E-state index is 9.97. The van der Waals surface area contributed by atoms with Crippen molar-refractivity contribution in [1.82, 2.24) is 0 Å². The van der Waals surface area contributed by atoms with Gasteiger partial charge in [-0.3, -0.25) is 4.79 Å². The molecule has 0 saturated carbocycles. The molecule has 2 unspecified atom stereocenters. The highest BCUT2D eigenvalue weighted by molar-refractivity contribution is 6.65. The third-order valence-electron chi connectivity index (χ3n) is 0.662. The van der Waals surface area contributed by atoms with E-state index in [0.717, 1.165) is 0 Å². The first-order chi connectivity index (χ1) is 3.22. The Labute approximate surface area is 50.3 Å². The number of rotatable bonds is 1. The van der Waals surface area contributed by atoms with Crippen LogP contribution in [0.1, 0.15) is 0 Å². The quantitative estimate of drug-likeness (QED) is 0.305. The molecule has 1 heterocycles. The van der Waals surface area contributed by atoms with Crippen LogP contribution in [0.4, 0.5) is 0 Å². The van der Waals surface area contributed by atoms with Crippen LogP contribution in [0.3, 0.4) is 0 Å². The molecule has 2 atom stereocenters. The summed E-state index contributed by atoms with van der Waals surface area (Å²) in [6, 6.07) is 0. The van der Waals surface area contributed by atoms with Crippen LogP contribution in [0.5, 0.6) is 0 Å². The van der Waals surface area contributed by atoms with Gasteiger partial charge in [0.1, 0.15) is 0 Å². The topological polar surface area (TPSA) is 29.6 Å². The Bertz CT molecular complexity index is 103. The number of hydrogen-bond acceptors (Lipinski definition) is 2. The number of carbonyl (C=O) groups excluding carboxylic acids is 1. The summed E-state index contributed by atoms with van der Waals surface area (Å²) >= 11 is 10.1. The van der Waals surface area contributed by atoms with E-state index < -0.39 is 16.9 Å². The van der Waals surface area contributed by atoms with Crippen LogP contribution in [0.15, 0.2) is 0 Å². The molecule has 1 aliphatic heterocycles. The van der Waals surface area contributed by atoms with E-state index in [0.29, 0.717) is 0 Å². The smallest absolute Gasteiger partial charge is 0.254 e. The molecule has 1 rings (SSSR count). The predicted molar refractivity (Wildman–Crippen MR) is 25.4 cm³/mol. The lowest BCUT2D eigenvalue weighted by atomic mass is 10.5. The number of epoxide rings is 1. The highest BCUT2D eigenvalue weighted by Gasteiger charge is 2.42. The van der Waals surface area contributed by atoms with Crippen molar-refractivity contribution in [3.8, 4) is 0 Å². The third-order valence-corrected chi connectivity index (χ3v) is 1.21. The van der Waals surface area contributed by atoms with Crippen LogP contribution in [-0.4, -0.2) is 16.9 Å². The number of ether oxygens (including phenoxy) is 1. The summed E-state index contributed by atoms with van der Waals surface area (Å²) in [6.45, 7) is 0. The van der Waals surface area contributed by atoms with Crippen LogP contribution in [-0.2, 0) is 9.53 Å². The fourth-order valence-corrected chi connectivity index (χ4v) is 0.707. The van der Waals surface area contributed by atoms with Crippen molar-refractivity contribution in [3.05, 3.63) is 0 Å². The van der Waals surface area contributed by atoms with Gasteiger partial charge in [0.2, 0.25) is 0 Å². The summed E-state index contributed by atoms with van der Waals surface area (Å²) in [5.74, 6) is 0. The average Bonchev–Trinajstić information content (AvgIpc) is 2.17. The second kappa shape index (κ2) is 1.62. The lowest BCUT2D eigenvalue weighted by molar-refractivity contribution is -0.112. The van der Waals surface area contributed by atoms with Gasteiger partial charge in [-0.1, -0.05) is 11.6 Å². The van der Waals surface area contributed by atoms with Gasteiger partial charge in [0.25, 0.3) is 5.24 Å². The zero-order valence-corrected chi connectivity index (χ0v) is 4.74. The lowest BCUT2D eigenvalue weighted by Crippen LogP contribution is -1.96. The summed E-state index contributed by atoms with van der Waals surface area (Å²) in [4.78, 5) is 9.97. The Hall–Kier alpha value is 0.210. The Morgan fingerprint density at radius 2 is 2.14 bits per heavy atom. The SMILES string of the molecule is O=C(Cl)C1OC1Cl. The van der Waals surface area contributed by atoms with Crippen molar-refractivity contribution in [2.75, 3.05) is 0 Å². The molecule has 0 aromatic heterocycles. The van der Waals surface area contributed by atoms with E-state index in [9.17, 15) is 4.79 Å². The molecule has 7 heavy (non-hydrogen) atoms. The molecule has 2 nitrogen and oxygen atoms in total. The zero-order valence-electron chi connectivity index (χ0n) is 3.23. The fraction of sp³-hybridized carbons (Fsp3) is 0.667. The molecular weight excluding hydrogens is 139 g/mol. The van der Waals surface area contributed by atoms with Gasteiger partial charge in [-0.05, 0) is 11.6 Å². The van der Waals surface area contributed by atoms with E-state index in [1.54, 1.807) is 0 Å². The molecule has 4 heteroatoms. The number of alkyl halides is 1. The van der Waals surface area contributed by atoms with Crippen molar-refractivity contribution in [1.29, 1.82) is 0 Å².